The number of nitrogens with one attached hydrogen (secondary N) is 1. The van der Waals surface area contributed by atoms with Gasteiger partial charge in [-0.15, -0.1) is 0 Å². The zero-order valence-corrected chi connectivity index (χ0v) is 13.1. The van der Waals surface area contributed by atoms with E-state index < -0.39 is 4.75 Å². The van der Waals surface area contributed by atoms with Crippen LogP contribution >= 0.6 is 11.8 Å². The molecule has 0 spiro atoms. The van der Waals surface area contributed by atoms with Crippen LogP contribution in [0.15, 0.2) is 29.2 Å². The van der Waals surface area contributed by atoms with Crippen LogP contribution in [0, 0.1) is 0 Å². The molecule has 1 aromatic rings. The predicted molar refractivity (Wildman–Crippen MR) is 82.0 cm³/mol. The van der Waals surface area contributed by atoms with E-state index in [4.69, 9.17) is 0 Å². The Balaban J connectivity index is 2.34. The Labute approximate surface area is 123 Å². The van der Waals surface area contributed by atoms with E-state index in [2.05, 4.69) is 5.32 Å². The summed E-state index contributed by atoms with van der Waals surface area (Å²) in [5, 5.41) is 2.91. The Bertz CT molecular complexity index is 546. The first-order valence-corrected chi connectivity index (χ1v) is 7.59. The summed E-state index contributed by atoms with van der Waals surface area (Å²) >= 11 is 1.33. The van der Waals surface area contributed by atoms with Crippen molar-refractivity contribution in [2.45, 2.75) is 42.9 Å². The van der Waals surface area contributed by atoms with Gasteiger partial charge in [-0.2, -0.15) is 0 Å². The first kappa shape index (κ1) is 14.9. The molecule has 0 radical (unpaired) electrons. The van der Waals surface area contributed by atoms with Crippen LogP contribution in [0.2, 0.25) is 0 Å². The average molecular weight is 292 g/mol. The molecule has 0 aliphatic carbocycles. The lowest BCUT2D eigenvalue weighted by atomic mass is 10.1. The molecule has 1 aliphatic rings. The number of thioether (sulfide) groups is 1. The summed E-state index contributed by atoms with van der Waals surface area (Å²) in [4.78, 5) is 27.6. The van der Waals surface area contributed by atoms with Crippen LogP contribution in [0.25, 0.3) is 0 Å². The Kier molecular flexibility index (Phi) is 4.09. The molecule has 2 amide bonds. The number of amides is 2. The molecule has 1 heterocycles. The molecule has 0 bridgehead atoms. The maximum Gasteiger partial charge on any atom is 0.252 e. The molecule has 1 aliphatic heterocycles. The number of carbonyl (C=O) groups is 2. The van der Waals surface area contributed by atoms with Gasteiger partial charge in [-0.05, 0) is 32.4 Å². The molecular weight excluding hydrogens is 272 g/mol. The molecule has 1 aromatic carbocycles. The first-order valence-electron chi connectivity index (χ1n) is 6.77. The third-order valence-corrected chi connectivity index (χ3v) is 5.01. The van der Waals surface area contributed by atoms with E-state index in [0.717, 1.165) is 17.0 Å². The van der Waals surface area contributed by atoms with Gasteiger partial charge in [-0.1, -0.05) is 30.8 Å². The Morgan fingerprint density at radius 2 is 2.10 bits per heavy atom. The van der Waals surface area contributed by atoms with Crippen molar-refractivity contribution in [3.8, 4) is 0 Å². The zero-order chi connectivity index (χ0) is 14.9. The molecule has 5 heteroatoms. The van der Waals surface area contributed by atoms with Crippen molar-refractivity contribution in [3.63, 3.8) is 0 Å². The fourth-order valence-corrected chi connectivity index (χ4v) is 3.39. The summed E-state index contributed by atoms with van der Waals surface area (Å²) in [6.45, 7) is 5.64. The van der Waals surface area contributed by atoms with Gasteiger partial charge in [-0.3, -0.25) is 9.59 Å². The van der Waals surface area contributed by atoms with E-state index in [1.54, 1.807) is 18.9 Å². The van der Waals surface area contributed by atoms with E-state index >= 15 is 0 Å². The number of hydrogen-bond acceptors (Lipinski definition) is 3. The van der Waals surface area contributed by atoms with E-state index in [9.17, 15) is 9.59 Å². The van der Waals surface area contributed by atoms with Crippen molar-refractivity contribution in [2.24, 2.45) is 0 Å². The molecule has 0 saturated carbocycles. The van der Waals surface area contributed by atoms with Gasteiger partial charge >= 0.3 is 0 Å². The van der Waals surface area contributed by atoms with Crippen molar-refractivity contribution < 1.29 is 9.59 Å². The summed E-state index contributed by atoms with van der Waals surface area (Å²) < 4.78 is -1.10. The van der Waals surface area contributed by atoms with Gasteiger partial charge < -0.3 is 10.2 Å². The number of fused-ring (bicyclic) bond motifs is 1. The second-order valence-electron chi connectivity index (χ2n) is 5.25. The Hall–Kier alpha value is -1.49. The van der Waals surface area contributed by atoms with Crippen molar-refractivity contribution in [1.82, 2.24) is 5.32 Å². The third-order valence-electron chi connectivity index (χ3n) is 3.68. The van der Waals surface area contributed by atoms with Crippen LogP contribution in [0.3, 0.4) is 0 Å². The molecule has 2 atom stereocenters. The minimum absolute atomic E-state index is 0.0650. The number of hydrogen-bond donors (Lipinski definition) is 1. The van der Waals surface area contributed by atoms with Crippen LogP contribution < -0.4 is 10.2 Å². The summed E-state index contributed by atoms with van der Waals surface area (Å²) in [6.07, 6.45) is 0.840. The molecule has 4 nitrogen and oxygen atoms in total. The van der Waals surface area contributed by atoms with Gasteiger partial charge in [0.1, 0.15) is 0 Å². The van der Waals surface area contributed by atoms with Gasteiger partial charge in [0.2, 0.25) is 5.91 Å². The van der Waals surface area contributed by atoms with Crippen molar-refractivity contribution >= 4 is 29.3 Å². The van der Waals surface area contributed by atoms with Gasteiger partial charge in [0, 0.05) is 18.0 Å². The molecule has 0 aromatic heterocycles. The molecular formula is C15H20N2O2S. The summed E-state index contributed by atoms with van der Waals surface area (Å²) in [7, 11) is 1.72. The average Bonchev–Trinajstić information content (AvgIpc) is 2.44. The van der Waals surface area contributed by atoms with Crippen LogP contribution in [0.5, 0.6) is 0 Å². The number of benzene rings is 1. The highest BCUT2D eigenvalue weighted by molar-refractivity contribution is 8.02. The number of anilines is 1. The molecule has 108 valence electrons. The van der Waals surface area contributed by atoms with Crippen molar-refractivity contribution in [3.05, 3.63) is 24.3 Å². The minimum atomic E-state index is -1.10. The maximum absolute atomic E-state index is 12.6. The van der Waals surface area contributed by atoms with Crippen LogP contribution in [0.1, 0.15) is 27.2 Å². The monoisotopic (exact) mass is 292 g/mol. The van der Waals surface area contributed by atoms with Crippen LogP contribution in [-0.4, -0.2) is 29.7 Å². The highest BCUT2D eigenvalue weighted by Crippen LogP contribution is 2.44. The molecule has 2 unspecified atom stereocenters. The SMILES string of the molecule is CCC(C)NC(=O)C1(C)Sc2ccccc2N(C)C1=O. The number of nitrogens with zero attached hydrogens (tertiary/aromatic N) is 1. The van der Waals surface area contributed by atoms with Gasteiger partial charge in [-0.25, -0.2) is 0 Å². The van der Waals surface area contributed by atoms with Crippen molar-refractivity contribution in [2.75, 3.05) is 11.9 Å². The fraction of sp³-hybridized carbons (Fsp3) is 0.467. The Morgan fingerprint density at radius 1 is 1.45 bits per heavy atom. The lowest BCUT2D eigenvalue weighted by Gasteiger charge is -2.37. The van der Waals surface area contributed by atoms with Gasteiger partial charge in [0.25, 0.3) is 5.91 Å². The summed E-state index contributed by atoms with van der Waals surface area (Å²) in [5.41, 5.74) is 0.858. The van der Waals surface area contributed by atoms with E-state index in [0.29, 0.717) is 0 Å². The van der Waals surface area contributed by atoms with Gasteiger partial charge in [0.15, 0.2) is 4.75 Å². The molecule has 0 fully saturated rings. The standard InChI is InChI=1S/C15H20N2O2S/c1-5-10(2)16-13(18)15(3)14(19)17(4)11-8-6-7-9-12(11)20-15/h6-10H,5H2,1-4H3,(H,16,18). The minimum Gasteiger partial charge on any atom is -0.352 e. The number of para-hydroxylation sites is 1. The highest BCUT2D eigenvalue weighted by Gasteiger charge is 2.48. The summed E-state index contributed by atoms with van der Waals surface area (Å²) in [6, 6.07) is 7.72. The third kappa shape index (κ3) is 2.42. The van der Waals surface area contributed by atoms with Gasteiger partial charge in [0.05, 0.1) is 5.69 Å². The molecule has 2 rings (SSSR count). The number of rotatable bonds is 3. The largest absolute Gasteiger partial charge is 0.352 e. The second kappa shape index (κ2) is 5.48. The molecule has 20 heavy (non-hydrogen) atoms. The lowest BCUT2D eigenvalue weighted by molar-refractivity contribution is -0.131. The predicted octanol–water partition coefficient (Wildman–Crippen LogP) is 2.43. The van der Waals surface area contributed by atoms with E-state index in [-0.39, 0.29) is 17.9 Å². The topological polar surface area (TPSA) is 49.4 Å². The van der Waals surface area contributed by atoms with Crippen LogP contribution in [-0.2, 0) is 9.59 Å². The fourth-order valence-electron chi connectivity index (χ4n) is 2.12. The first-order chi connectivity index (χ1) is 9.40. The van der Waals surface area contributed by atoms with E-state index in [1.165, 1.54) is 11.8 Å². The van der Waals surface area contributed by atoms with Crippen molar-refractivity contribution in [1.29, 1.82) is 0 Å². The number of carbonyl (C=O) groups excluding carboxylic acids is 2. The smallest absolute Gasteiger partial charge is 0.252 e. The van der Waals surface area contributed by atoms with E-state index in [1.807, 2.05) is 38.1 Å². The quantitative estimate of drug-likeness (QED) is 0.871. The highest BCUT2D eigenvalue weighted by atomic mass is 32.2. The second-order valence-corrected chi connectivity index (χ2v) is 6.71. The van der Waals surface area contributed by atoms with Crippen LogP contribution in [0.4, 0.5) is 5.69 Å². The molecule has 0 saturated heterocycles. The Morgan fingerprint density at radius 3 is 2.75 bits per heavy atom. The normalized spacial score (nSPS) is 23.2. The zero-order valence-electron chi connectivity index (χ0n) is 12.3. The molecule has 1 N–H and O–H groups in total. The lowest BCUT2D eigenvalue weighted by Crippen LogP contribution is -2.56. The summed E-state index contributed by atoms with van der Waals surface area (Å²) in [5.74, 6) is -0.398. The maximum atomic E-state index is 12.6.